The average Bonchev–Trinajstić information content (AvgIpc) is 2.72. The smallest absolute Gasteiger partial charge is 0.321 e. The van der Waals surface area contributed by atoms with Crippen molar-refractivity contribution in [3.63, 3.8) is 0 Å². The zero-order valence-corrected chi connectivity index (χ0v) is 12.3. The van der Waals surface area contributed by atoms with Gasteiger partial charge < -0.3 is 4.74 Å². The number of nitrogens with zero attached hydrogens (tertiary/aromatic N) is 3. The van der Waals surface area contributed by atoms with E-state index in [9.17, 15) is 4.79 Å². The Morgan fingerprint density at radius 1 is 1.30 bits per heavy atom. The van der Waals surface area contributed by atoms with Gasteiger partial charge in [0, 0.05) is 7.05 Å². The molecule has 0 radical (unpaired) electrons. The number of esters is 1. The molecule has 0 N–H and O–H groups in total. The van der Waals surface area contributed by atoms with Crippen molar-refractivity contribution in [2.45, 2.75) is 26.7 Å². The van der Waals surface area contributed by atoms with Gasteiger partial charge in [-0.25, -0.2) is 4.98 Å². The molecule has 1 aromatic carbocycles. The molecule has 1 atom stereocenters. The van der Waals surface area contributed by atoms with Crippen molar-refractivity contribution in [3.05, 3.63) is 47.0 Å². The lowest BCUT2D eigenvalue weighted by atomic mass is 9.97. The molecule has 0 fully saturated rings. The molecule has 5 nitrogen and oxygen atoms in total. The maximum absolute atomic E-state index is 12.3. The van der Waals surface area contributed by atoms with Crippen molar-refractivity contribution in [1.29, 1.82) is 0 Å². The quantitative estimate of drug-likeness (QED) is 0.801. The fraction of sp³-hybridized carbons (Fsp3) is 0.400. The number of hydrogen-bond donors (Lipinski definition) is 0. The standard InChI is InChI=1S/C15H19N3O2/c1-5-20-15(19)13(12-8-6-10(2)7-9-12)14-16-11(3)17-18(14)4/h6-9,13H,5H2,1-4H3. The van der Waals surface area contributed by atoms with Crippen LogP contribution in [0, 0.1) is 13.8 Å². The molecule has 5 heteroatoms. The van der Waals surface area contributed by atoms with Crippen molar-refractivity contribution >= 4 is 5.97 Å². The first kappa shape index (κ1) is 14.2. The van der Waals surface area contributed by atoms with Crippen LogP contribution in [0.25, 0.3) is 0 Å². The van der Waals surface area contributed by atoms with Crippen molar-refractivity contribution in [3.8, 4) is 0 Å². The molecule has 0 amide bonds. The molecule has 0 saturated heterocycles. The van der Waals surface area contributed by atoms with E-state index in [-0.39, 0.29) is 5.97 Å². The molecule has 2 aromatic rings. The molecule has 0 aliphatic rings. The van der Waals surface area contributed by atoms with Crippen LogP contribution in [0.3, 0.4) is 0 Å². The molecule has 1 heterocycles. The normalized spacial score (nSPS) is 12.2. The van der Waals surface area contributed by atoms with Crippen LogP contribution in [0.15, 0.2) is 24.3 Å². The molecular weight excluding hydrogens is 254 g/mol. The lowest BCUT2D eigenvalue weighted by Crippen LogP contribution is -2.21. The Morgan fingerprint density at radius 2 is 1.95 bits per heavy atom. The van der Waals surface area contributed by atoms with Crippen LogP contribution in [0.4, 0.5) is 0 Å². The summed E-state index contributed by atoms with van der Waals surface area (Å²) in [6, 6.07) is 7.82. The minimum atomic E-state index is -0.540. The summed E-state index contributed by atoms with van der Waals surface area (Å²) in [4.78, 5) is 16.7. The van der Waals surface area contributed by atoms with Gasteiger partial charge in [-0.05, 0) is 26.3 Å². The van der Waals surface area contributed by atoms with Crippen LogP contribution in [-0.2, 0) is 16.6 Å². The van der Waals surface area contributed by atoms with Crippen molar-refractivity contribution in [1.82, 2.24) is 14.8 Å². The Bertz CT molecular complexity index is 602. The summed E-state index contributed by atoms with van der Waals surface area (Å²) in [6.07, 6.45) is 0. The summed E-state index contributed by atoms with van der Waals surface area (Å²) in [5.41, 5.74) is 2.01. The predicted octanol–water partition coefficient (Wildman–Crippen LogP) is 2.13. The van der Waals surface area contributed by atoms with Crippen molar-refractivity contribution in [2.24, 2.45) is 7.05 Å². The number of aromatic nitrogens is 3. The van der Waals surface area contributed by atoms with Gasteiger partial charge in [-0.2, -0.15) is 5.10 Å². The zero-order valence-electron chi connectivity index (χ0n) is 12.3. The summed E-state index contributed by atoms with van der Waals surface area (Å²) in [5.74, 6) is 0.405. The molecule has 0 aliphatic carbocycles. The zero-order chi connectivity index (χ0) is 14.7. The number of ether oxygens (including phenoxy) is 1. The van der Waals surface area contributed by atoms with Crippen LogP contribution in [-0.4, -0.2) is 27.3 Å². The van der Waals surface area contributed by atoms with Crippen LogP contribution in [0.2, 0.25) is 0 Å². The van der Waals surface area contributed by atoms with E-state index in [1.54, 1.807) is 25.6 Å². The van der Waals surface area contributed by atoms with E-state index in [1.807, 2.05) is 31.2 Å². The summed E-state index contributed by atoms with van der Waals surface area (Å²) in [5, 5.41) is 4.22. The van der Waals surface area contributed by atoms with Gasteiger partial charge >= 0.3 is 5.97 Å². The molecule has 20 heavy (non-hydrogen) atoms. The summed E-state index contributed by atoms with van der Waals surface area (Å²) in [7, 11) is 1.79. The first-order valence-electron chi connectivity index (χ1n) is 6.63. The van der Waals surface area contributed by atoms with E-state index in [1.165, 1.54) is 0 Å². The number of rotatable bonds is 4. The summed E-state index contributed by atoms with van der Waals surface area (Å²) in [6.45, 7) is 5.96. The molecule has 0 saturated carbocycles. The highest BCUT2D eigenvalue weighted by molar-refractivity contribution is 5.81. The third kappa shape index (κ3) is 2.87. The number of carbonyl (C=O) groups excluding carboxylic acids is 1. The fourth-order valence-electron chi connectivity index (χ4n) is 2.16. The van der Waals surface area contributed by atoms with Gasteiger partial charge in [-0.15, -0.1) is 0 Å². The minimum Gasteiger partial charge on any atom is -0.465 e. The number of hydrogen-bond acceptors (Lipinski definition) is 4. The molecule has 1 unspecified atom stereocenters. The highest BCUT2D eigenvalue weighted by Crippen LogP contribution is 2.25. The molecule has 0 bridgehead atoms. The second-order valence-electron chi connectivity index (χ2n) is 4.74. The topological polar surface area (TPSA) is 57.0 Å². The SMILES string of the molecule is CCOC(=O)C(c1ccc(C)cc1)c1nc(C)nn1C. The van der Waals surface area contributed by atoms with E-state index >= 15 is 0 Å². The second-order valence-corrected chi connectivity index (χ2v) is 4.74. The summed E-state index contributed by atoms with van der Waals surface area (Å²) >= 11 is 0. The lowest BCUT2D eigenvalue weighted by molar-refractivity contribution is -0.144. The molecule has 0 aliphatic heterocycles. The fourth-order valence-corrected chi connectivity index (χ4v) is 2.16. The Labute approximate surface area is 118 Å². The van der Waals surface area contributed by atoms with Gasteiger partial charge in [0.2, 0.25) is 0 Å². The molecule has 2 rings (SSSR count). The van der Waals surface area contributed by atoms with Crippen molar-refractivity contribution in [2.75, 3.05) is 6.61 Å². The largest absolute Gasteiger partial charge is 0.465 e. The van der Waals surface area contributed by atoms with E-state index in [4.69, 9.17) is 4.74 Å². The molecule has 0 spiro atoms. The van der Waals surface area contributed by atoms with Crippen LogP contribution >= 0.6 is 0 Å². The average molecular weight is 273 g/mol. The van der Waals surface area contributed by atoms with E-state index in [2.05, 4.69) is 10.1 Å². The third-order valence-electron chi connectivity index (χ3n) is 3.09. The Balaban J connectivity index is 2.47. The highest BCUT2D eigenvalue weighted by atomic mass is 16.5. The maximum Gasteiger partial charge on any atom is 0.321 e. The molecule has 106 valence electrons. The van der Waals surface area contributed by atoms with Gasteiger partial charge in [0.25, 0.3) is 0 Å². The highest BCUT2D eigenvalue weighted by Gasteiger charge is 2.28. The first-order chi connectivity index (χ1) is 9.52. The molecular formula is C15H19N3O2. The predicted molar refractivity (Wildman–Crippen MR) is 75.4 cm³/mol. The number of benzene rings is 1. The number of carbonyl (C=O) groups is 1. The Hall–Kier alpha value is -2.17. The van der Waals surface area contributed by atoms with Gasteiger partial charge in [0.05, 0.1) is 6.61 Å². The maximum atomic E-state index is 12.3. The summed E-state index contributed by atoms with van der Waals surface area (Å²) < 4.78 is 6.82. The monoisotopic (exact) mass is 273 g/mol. The number of aryl methyl sites for hydroxylation is 3. The first-order valence-corrected chi connectivity index (χ1v) is 6.63. The van der Waals surface area contributed by atoms with Gasteiger partial charge in [-0.3, -0.25) is 9.48 Å². The van der Waals surface area contributed by atoms with E-state index < -0.39 is 5.92 Å². The molecule has 1 aromatic heterocycles. The Morgan fingerprint density at radius 3 is 2.45 bits per heavy atom. The lowest BCUT2D eigenvalue weighted by Gasteiger charge is -2.15. The van der Waals surface area contributed by atoms with Crippen molar-refractivity contribution < 1.29 is 9.53 Å². The van der Waals surface area contributed by atoms with Crippen LogP contribution in [0.1, 0.15) is 35.6 Å². The Kier molecular flexibility index (Phi) is 4.17. The van der Waals surface area contributed by atoms with Gasteiger partial charge in [0.15, 0.2) is 0 Å². The van der Waals surface area contributed by atoms with E-state index in [0.29, 0.717) is 18.3 Å². The van der Waals surface area contributed by atoms with Gasteiger partial charge in [-0.1, -0.05) is 29.8 Å². The van der Waals surface area contributed by atoms with Gasteiger partial charge in [0.1, 0.15) is 17.6 Å². The minimum absolute atomic E-state index is 0.299. The van der Waals surface area contributed by atoms with Crippen LogP contribution < -0.4 is 0 Å². The van der Waals surface area contributed by atoms with E-state index in [0.717, 1.165) is 11.1 Å². The third-order valence-corrected chi connectivity index (χ3v) is 3.09. The second kappa shape index (κ2) is 5.86. The van der Waals surface area contributed by atoms with Crippen LogP contribution in [0.5, 0.6) is 0 Å².